The summed E-state index contributed by atoms with van der Waals surface area (Å²) in [6.45, 7) is 1.32. The minimum atomic E-state index is -1.20. The Morgan fingerprint density at radius 1 is 1.15 bits per heavy atom. The second kappa shape index (κ2) is 6.92. The number of amides is 4. The van der Waals surface area contributed by atoms with Gasteiger partial charge in [-0.1, -0.05) is 46.3 Å². The molecule has 3 rings (SSSR count). The molecule has 0 bridgehead atoms. The van der Waals surface area contributed by atoms with E-state index in [1.807, 2.05) is 24.3 Å². The van der Waals surface area contributed by atoms with Crippen molar-refractivity contribution >= 4 is 39.5 Å². The lowest BCUT2D eigenvalue weighted by molar-refractivity contribution is -0.134. The van der Waals surface area contributed by atoms with Crippen molar-refractivity contribution in [1.29, 1.82) is 0 Å². The number of urea groups is 1. The predicted octanol–water partition coefficient (Wildman–Crippen LogP) is 2.88. The largest absolute Gasteiger partial charge is 0.325 e. The van der Waals surface area contributed by atoms with E-state index >= 15 is 0 Å². The van der Waals surface area contributed by atoms with Gasteiger partial charge in [-0.3, -0.25) is 14.5 Å². The Hall–Kier alpha value is -2.67. The van der Waals surface area contributed by atoms with Crippen LogP contribution >= 0.6 is 15.9 Å². The molecule has 2 aromatic carbocycles. The first kappa shape index (κ1) is 18.1. The number of carbonyl (C=O) groups excluding carboxylic acids is 3. The number of nitrogens with one attached hydrogen (secondary N) is 1. The fourth-order valence-electron chi connectivity index (χ4n) is 2.87. The van der Waals surface area contributed by atoms with Gasteiger partial charge in [0.1, 0.15) is 12.1 Å². The summed E-state index contributed by atoms with van der Waals surface area (Å²) < 4.78 is 0.802. The minimum absolute atomic E-state index is 0.320. The number of para-hydroxylation sites is 1. The van der Waals surface area contributed by atoms with Crippen LogP contribution in [0.2, 0.25) is 0 Å². The van der Waals surface area contributed by atoms with Gasteiger partial charge in [-0.15, -0.1) is 0 Å². The van der Waals surface area contributed by atoms with Gasteiger partial charge in [-0.2, -0.15) is 0 Å². The van der Waals surface area contributed by atoms with Gasteiger partial charge in [0, 0.05) is 17.2 Å². The first-order valence-corrected chi connectivity index (χ1v) is 8.84. The summed E-state index contributed by atoms with van der Waals surface area (Å²) >= 11 is 3.37. The molecule has 26 heavy (non-hydrogen) atoms. The predicted molar refractivity (Wildman–Crippen MR) is 102 cm³/mol. The summed E-state index contributed by atoms with van der Waals surface area (Å²) in [5.41, 5.74) is 0.141. The lowest BCUT2D eigenvalue weighted by Gasteiger charge is -2.23. The molecule has 0 spiro atoms. The highest BCUT2D eigenvalue weighted by atomic mass is 79.9. The van der Waals surface area contributed by atoms with E-state index in [-0.39, 0.29) is 12.5 Å². The van der Waals surface area contributed by atoms with E-state index in [1.165, 1.54) is 4.90 Å². The van der Waals surface area contributed by atoms with Crippen LogP contribution in [0, 0.1) is 0 Å². The zero-order chi connectivity index (χ0) is 18.9. The second-order valence-electron chi connectivity index (χ2n) is 6.25. The van der Waals surface area contributed by atoms with Crippen molar-refractivity contribution < 1.29 is 14.4 Å². The standard InChI is InChI=1S/C19H18BrN3O3/c1-19(13-7-6-8-14(20)11-13)17(25)23(18(26)21-19)12-16(24)22(2)15-9-4-3-5-10-15/h3-11H,12H2,1-2H3,(H,21,26)/t19-/m0/s1. The van der Waals surface area contributed by atoms with E-state index in [0.717, 1.165) is 9.37 Å². The van der Waals surface area contributed by atoms with E-state index in [9.17, 15) is 14.4 Å². The van der Waals surface area contributed by atoms with Crippen molar-refractivity contribution in [3.8, 4) is 0 Å². The van der Waals surface area contributed by atoms with Gasteiger partial charge in [0.05, 0.1) is 0 Å². The molecule has 1 atom stereocenters. The highest BCUT2D eigenvalue weighted by Crippen LogP contribution is 2.30. The average molecular weight is 416 g/mol. The van der Waals surface area contributed by atoms with Crippen LogP contribution in [-0.2, 0) is 15.1 Å². The average Bonchev–Trinajstić information content (AvgIpc) is 2.86. The van der Waals surface area contributed by atoms with E-state index in [4.69, 9.17) is 0 Å². The van der Waals surface area contributed by atoms with Crippen LogP contribution < -0.4 is 10.2 Å². The van der Waals surface area contributed by atoms with Crippen molar-refractivity contribution in [1.82, 2.24) is 10.2 Å². The van der Waals surface area contributed by atoms with Gasteiger partial charge in [0.15, 0.2) is 0 Å². The molecule has 1 heterocycles. The third kappa shape index (κ3) is 3.22. The molecule has 1 aliphatic heterocycles. The van der Waals surface area contributed by atoms with E-state index in [2.05, 4.69) is 21.2 Å². The fraction of sp³-hybridized carbons (Fsp3) is 0.211. The Kier molecular flexibility index (Phi) is 4.82. The monoisotopic (exact) mass is 415 g/mol. The molecule has 0 saturated carbocycles. The summed E-state index contributed by atoms with van der Waals surface area (Å²) in [6.07, 6.45) is 0. The number of hydrogen-bond donors (Lipinski definition) is 1. The van der Waals surface area contributed by atoms with Gasteiger partial charge < -0.3 is 10.2 Å². The summed E-state index contributed by atoms with van der Waals surface area (Å²) in [5, 5.41) is 2.70. The van der Waals surface area contributed by atoms with Crippen LogP contribution in [0.3, 0.4) is 0 Å². The smallest absolute Gasteiger partial charge is 0.319 e. The lowest BCUT2D eigenvalue weighted by Crippen LogP contribution is -2.43. The first-order valence-electron chi connectivity index (χ1n) is 8.04. The molecule has 1 saturated heterocycles. The van der Waals surface area contributed by atoms with Gasteiger partial charge in [0.25, 0.3) is 5.91 Å². The SMILES string of the molecule is CN(C(=O)CN1C(=O)N[C@@](C)(c2cccc(Br)c2)C1=O)c1ccccc1. The van der Waals surface area contributed by atoms with E-state index < -0.39 is 17.5 Å². The van der Waals surface area contributed by atoms with Crippen LogP contribution in [0.4, 0.5) is 10.5 Å². The molecular weight excluding hydrogens is 398 g/mol. The third-order valence-electron chi connectivity index (χ3n) is 4.49. The molecule has 0 aliphatic carbocycles. The molecule has 1 fully saturated rings. The maximum atomic E-state index is 12.9. The summed E-state index contributed by atoms with van der Waals surface area (Å²) in [5.74, 6) is -0.798. The molecular formula is C19H18BrN3O3. The lowest BCUT2D eigenvalue weighted by atomic mass is 9.92. The quantitative estimate of drug-likeness (QED) is 0.780. The van der Waals surface area contributed by atoms with Gasteiger partial charge >= 0.3 is 6.03 Å². The molecule has 0 unspecified atom stereocenters. The molecule has 4 amide bonds. The van der Waals surface area contributed by atoms with E-state index in [0.29, 0.717) is 11.3 Å². The Bertz CT molecular complexity index is 871. The molecule has 1 aliphatic rings. The van der Waals surface area contributed by atoms with Crippen LogP contribution in [0.5, 0.6) is 0 Å². The number of likely N-dealkylation sites (N-methyl/N-ethyl adjacent to an activating group) is 1. The first-order chi connectivity index (χ1) is 12.3. The van der Waals surface area contributed by atoms with Gasteiger partial charge in [-0.25, -0.2) is 4.79 Å². The zero-order valence-electron chi connectivity index (χ0n) is 14.4. The van der Waals surface area contributed by atoms with Crippen LogP contribution in [-0.4, -0.2) is 36.3 Å². The Morgan fingerprint density at radius 3 is 2.50 bits per heavy atom. The molecule has 1 N–H and O–H groups in total. The summed E-state index contributed by atoms with van der Waals surface area (Å²) in [7, 11) is 1.61. The molecule has 2 aromatic rings. The number of halogens is 1. The molecule has 7 heteroatoms. The molecule has 0 radical (unpaired) electrons. The third-order valence-corrected chi connectivity index (χ3v) is 4.98. The van der Waals surface area contributed by atoms with Crippen LogP contribution in [0.25, 0.3) is 0 Å². The molecule has 134 valence electrons. The van der Waals surface area contributed by atoms with E-state index in [1.54, 1.807) is 44.3 Å². The number of nitrogens with zero attached hydrogens (tertiary/aromatic N) is 2. The highest BCUT2D eigenvalue weighted by Gasteiger charge is 2.49. The maximum Gasteiger partial charge on any atom is 0.325 e. The summed E-state index contributed by atoms with van der Waals surface area (Å²) in [4.78, 5) is 40.2. The van der Waals surface area contributed by atoms with Crippen molar-refractivity contribution in [2.45, 2.75) is 12.5 Å². The minimum Gasteiger partial charge on any atom is -0.319 e. The van der Waals surface area contributed by atoms with Crippen molar-refractivity contribution in [2.75, 3.05) is 18.5 Å². The number of imide groups is 1. The fourth-order valence-corrected chi connectivity index (χ4v) is 3.27. The Labute approximate surface area is 159 Å². The maximum absolute atomic E-state index is 12.9. The molecule has 0 aromatic heterocycles. The van der Waals surface area contributed by atoms with Crippen LogP contribution in [0.1, 0.15) is 12.5 Å². The summed E-state index contributed by atoms with van der Waals surface area (Å²) in [6, 6.07) is 15.7. The number of hydrogen-bond acceptors (Lipinski definition) is 3. The zero-order valence-corrected chi connectivity index (χ0v) is 16.0. The number of benzene rings is 2. The topological polar surface area (TPSA) is 69.7 Å². The molecule has 6 nitrogen and oxygen atoms in total. The number of anilines is 1. The van der Waals surface area contributed by atoms with Gasteiger partial charge in [0.2, 0.25) is 5.91 Å². The van der Waals surface area contributed by atoms with Crippen molar-refractivity contribution in [2.24, 2.45) is 0 Å². The second-order valence-corrected chi connectivity index (χ2v) is 7.16. The Balaban J connectivity index is 1.80. The normalized spacial score (nSPS) is 19.4. The Morgan fingerprint density at radius 2 is 1.85 bits per heavy atom. The number of rotatable bonds is 4. The van der Waals surface area contributed by atoms with Gasteiger partial charge in [-0.05, 0) is 36.8 Å². The van der Waals surface area contributed by atoms with Crippen LogP contribution in [0.15, 0.2) is 59.1 Å². The number of carbonyl (C=O) groups is 3. The van der Waals surface area contributed by atoms with Crippen molar-refractivity contribution in [3.63, 3.8) is 0 Å². The van der Waals surface area contributed by atoms with Crippen molar-refractivity contribution in [3.05, 3.63) is 64.6 Å². The highest BCUT2D eigenvalue weighted by molar-refractivity contribution is 9.10.